The number of nitrogens with zero attached hydrogens (tertiary/aromatic N) is 2. The Bertz CT molecular complexity index is 1590. The number of halogens is 3. The largest absolute Gasteiger partial charge is 0.372 e. The molecule has 4 aromatic rings. The molecule has 0 radical (unpaired) electrons. The van der Waals surface area contributed by atoms with Gasteiger partial charge in [0.05, 0.1) is 36.9 Å². The van der Waals surface area contributed by atoms with Gasteiger partial charge < -0.3 is 10.1 Å². The zero-order valence-electron chi connectivity index (χ0n) is 19.9. The first-order valence-electron chi connectivity index (χ1n) is 11.1. The summed E-state index contributed by atoms with van der Waals surface area (Å²) in [5.41, 5.74) is 1.53. The number of carbonyl (C=O) groups excluding carboxylic acids is 1. The van der Waals surface area contributed by atoms with Crippen LogP contribution in [0.25, 0.3) is 11.3 Å². The van der Waals surface area contributed by atoms with Crippen LogP contribution in [0.2, 0.25) is 5.15 Å². The van der Waals surface area contributed by atoms with Crippen LogP contribution in [0.5, 0.6) is 0 Å². The van der Waals surface area contributed by atoms with Gasteiger partial charge in [0.1, 0.15) is 11.6 Å². The molecule has 3 aromatic carbocycles. The maximum Gasteiger partial charge on any atom is 0.258 e. The second-order valence-electron chi connectivity index (χ2n) is 8.20. The number of amides is 1. The molecule has 0 aliphatic rings. The highest BCUT2D eigenvalue weighted by Gasteiger charge is 2.17. The van der Waals surface area contributed by atoms with E-state index >= 15 is 0 Å². The monoisotopic (exact) mass is 558 g/mol. The first-order chi connectivity index (χ1) is 18.1. The van der Waals surface area contributed by atoms with E-state index in [1.807, 2.05) is 30.3 Å². The molecule has 0 saturated heterocycles. The van der Waals surface area contributed by atoms with Crippen molar-refractivity contribution in [2.24, 2.45) is 0 Å². The van der Waals surface area contributed by atoms with Gasteiger partial charge in [-0.15, -0.1) is 0 Å². The molecule has 196 valence electrons. The Kier molecular flexibility index (Phi) is 8.30. The summed E-state index contributed by atoms with van der Waals surface area (Å²) >= 11 is 6.02. The van der Waals surface area contributed by atoms with Crippen LogP contribution in [0.4, 0.5) is 20.3 Å². The summed E-state index contributed by atoms with van der Waals surface area (Å²) in [6.45, 7) is 0.356. The molecule has 38 heavy (non-hydrogen) atoms. The van der Waals surface area contributed by atoms with Crippen LogP contribution in [0.15, 0.2) is 72.9 Å². The van der Waals surface area contributed by atoms with Crippen molar-refractivity contribution in [3.05, 3.63) is 106 Å². The Hall–Kier alpha value is -3.93. The van der Waals surface area contributed by atoms with E-state index in [1.165, 1.54) is 30.5 Å². The maximum atomic E-state index is 14.6. The van der Waals surface area contributed by atoms with E-state index in [0.29, 0.717) is 17.7 Å². The third-order valence-corrected chi connectivity index (χ3v) is 6.03. The second kappa shape index (κ2) is 11.6. The van der Waals surface area contributed by atoms with E-state index in [0.717, 1.165) is 24.0 Å². The highest BCUT2D eigenvalue weighted by atomic mass is 35.5. The molecule has 0 aliphatic carbocycles. The lowest BCUT2D eigenvalue weighted by molar-refractivity contribution is 0.102. The van der Waals surface area contributed by atoms with Gasteiger partial charge in [0.25, 0.3) is 5.91 Å². The SMILES string of the molecule is CS(=O)(=O)Nc1ncc(-c2ccc(F)c(C(=O)Nc3ccc(COCc4ccccc4)c(F)c3)c2)nc1Cl. The van der Waals surface area contributed by atoms with Gasteiger partial charge in [0, 0.05) is 16.8 Å². The lowest BCUT2D eigenvalue weighted by Gasteiger charge is -2.11. The van der Waals surface area contributed by atoms with Crippen molar-refractivity contribution in [1.29, 1.82) is 0 Å². The predicted octanol–water partition coefficient (Wildman–Crippen LogP) is 5.42. The van der Waals surface area contributed by atoms with Crippen LogP contribution >= 0.6 is 11.6 Å². The fraction of sp³-hybridized carbons (Fsp3) is 0.115. The predicted molar refractivity (Wildman–Crippen MR) is 140 cm³/mol. The molecule has 0 unspecified atom stereocenters. The van der Waals surface area contributed by atoms with Crippen LogP contribution in [0.3, 0.4) is 0 Å². The second-order valence-corrected chi connectivity index (χ2v) is 10.3. The molecule has 4 rings (SSSR count). The van der Waals surface area contributed by atoms with E-state index in [4.69, 9.17) is 16.3 Å². The lowest BCUT2D eigenvalue weighted by atomic mass is 10.1. The number of benzene rings is 3. The normalized spacial score (nSPS) is 11.3. The minimum atomic E-state index is -3.63. The van der Waals surface area contributed by atoms with Crippen molar-refractivity contribution >= 4 is 39.0 Å². The number of rotatable bonds is 9. The molecule has 0 bridgehead atoms. The lowest BCUT2D eigenvalue weighted by Crippen LogP contribution is -2.14. The quantitative estimate of drug-likeness (QED) is 0.284. The Balaban J connectivity index is 1.45. The maximum absolute atomic E-state index is 14.6. The molecule has 0 aliphatic heterocycles. The first kappa shape index (κ1) is 27.1. The standard InChI is InChI=1S/C26H21ClF2N4O4S/c1-38(35,36)33-25-24(27)32-23(13-30-25)17-8-10-21(28)20(11-17)26(34)31-19-9-7-18(22(29)12-19)15-37-14-16-5-3-2-4-6-16/h2-13H,14-15H2,1H3,(H,30,33)(H,31,34). The van der Waals surface area contributed by atoms with Crippen LogP contribution in [0.1, 0.15) is 21.5 Å². The molecule has 8 nitrogen and oxygen atoms in total. The van der Waals surface area contributed by atoms with Gasteiger partial charge in [0.2, 0.25) is 10.0 Å². The van der Waals surface area contributed by atoms with Gasteiger partial charge in [-0.3, -0.25) is 9.52 Å². The van der Waals surface area contributed by atoms with Crippen LogP contribution in [-0.2, 0) is 28.0 Å². The van der Waals surface area contributed by atoms with Crippen molar-refractivity contribution in [2.75, 3.05) is 16.3 Å². The van der Waals surface area contributed by atoms with Gasteiger partial charge in [-0.2, -0.15) is 0 Å². The number of carbonyl (C=O) groups is 1. The summed E-state index contributed by atoms with van der Waals surface area (Å²) in [5.74, 6) is -2.38. The van der Waals surface area contributed by atoms with Gasteiger partial charge in [0.15, 0.2) is 11.0 Å². The summed E-state index contributed by atoms with van der Waals surface area (Å²) in [7, 11) is -3.63. The first-order valence-corrected chi connectivity index (χ1v) is 13.4. The number of anilines is 2. The topological polar surface area (TPSA) is 110 Å². The van der Waals surface area contributed by atoms with E-state index in [-0.39, 0.29) is 34.5 Å². The van der Waals surface area contributed by atoms with Gasteiger partial charge >= 0.3 is 0 Å². The van der Waals surface area contributed by atoms with Crippen LogP contribution in [0, 0.1) is 11.6 Å². The molecule has 2 N–H and O–H groups in total. The minimum Gasteiger partial charge on any atom is -0.372 e. The molecule has 0 spiro atoms. The van der Waals surface area contributed by atoms with Gasteiger partial charge in [-0.05, 0) is 35.9 Å². The molecule has 12 heteroatoms. The van der Waals surface area contributed by atoms with E-state index in [1.54, 1.807) is 0 Å². The Labute approximate surface area is 222 Å². The summed E-state index contributed by atoms with van der Waals surface area (Å²) in [4.78, 5) is 20.8. The summed E-state index contributed by atoms with van der Waals surface area (Å²) in [6, 6.07) is 17.2. The zero-order chi connectivity index (χ0) is 27.3. The Morgan fingerprint density at radius 3 is 2.45 bits per heavy atom. The van der Waals surface area contributed by atoms with Gasteiger partial charge in [-0.25, -0.2) is 27.2 Å². The summed E-state index contributed by atoms with van der Waals surface area (Å²) in [6.07, 6.45) is 2.16. The van der Waals surface area contributed by atoms with Crippen LogP contribution < -0.4 is 10.0 Å². The Morgan fingerprint density at radius 1 is 1.00 bits per heavy atom. The van der Waals surface area contributed by atoms with Crippen LogP contribution in [-0.4, -0.2) is 30.5 Å². The third-order valence-electron chi connectivity index (χ3n) is 5.20. The summed E-state index contributed by atoms with van der Waals surface area (Å²) < 4.78 is 59.6. The van der Waals surface area contributed by atoms with E-state index in [2.05, 4.69) is 20.0 Å². The zero-order valence-corrected chi connectivity index (χ0v) is 21.5. The highest BCUT2D eigenvalue weighted by molar-refractivity contribution is 7.92. The molecule has 0 saturated carbocycles. The van der Waals surface area contributed by atoms with Gasteiger partial charge in [-0.1, -0.05) is 48.0 Å². The number of aromatic nitrogens is 2. The third kappa shape index (κ3) is 7.09. The molecular weight excluding hydrogens is 538 g/mol. The molecule has 1 heterocycles. The number of hydrogen-bond acceptors (Lipinski definition) is 6. The number of sulfonamides is 1. The molecule has 0 atom stereocenters. The fourth-order valence-corrected chi connectivity index (χ4v) is 4.15. The fourth-order valence-electron chi connectivity index (χ4n) is 3.40. The number of ether oxygens (including phenoxy) is 1. The van der Waals surface area contributed by atoms with E-state index in [9.17, 15) is 22.0 Å². The molecule has 1 aromatic heterocycles. The smallest absolute Gasteiger partial charge is 0.258 e. The number of nitrogens with one attached hydrogen (secondary N) is 2. The molecular formula is C26H21ClF2N4O4S. The van der Waals surface area contributed by atoms with Crippen molar-refractivity contribution in [1.82, 2.24) is 9.97 Å². The number of hydrogen-bond donors (Lipinski definition) is 2. The molecule has 1 amide bonds. The highest BCUT2D eigenvalue weighted by Crippen LogP contribution is 2.26. The van der Waals surface area contributed by atoms with Crippen molar-refractivity contribution in [3.8, 4) is 11.3 Å². The van der Waals surface area contributed by atoms with Crippen molar-refractivity contribution in [2.45, 2.75) is 13.2 Å². The van der Waals surface area contributed by atoms with E-state index < -0.39 is 27.6 Å². The molecule has 0 fully saturated rings. The van der Waals surface area contributed by atoms with Crippen molar-refractivity contribution < 1.29 is 26.7 Å². The van der Waals surface area contributed by atoms with Crippen molar-refractivity contribution in [3.63, 3.8) is 0 Å². The minimum absolute atomic E-state index is 0.0354. The Morgan fingerprint density at radius 2 is 1.76 bits per heavy atom. The average molecular weight is 559 g/mol. The summed E-state index contributed by atoms with van der Waals surface area (Å²) in [5, 5.41) is 2.25. The average Bonchev–Trinajstić information content (AvgIpc) is 2.87.